The molecule has 0 heterocycles. The molecule has 0 aliphatic carbocycles. The van der Waals surface area contributed by atoms with Gasteiger partial charge in [-0.3, -0.25) is 5.32 Å². The molecular weight excluding hydrogens is 440 g/mol. The van der Waals surface area contributed by atoms with Crippen molar-refractivity contribution in [2.24, 2.45) is 0 Å². The fourth-order valence-corrected chi connectivity index (χ4v) is 2.54. The summed E-state index contributed by atoms with van der Waals surface area (Å²) >= 11 is 3.19. The molecule has 0 fully saturated rings. The number of hydrogen-bond donors (Lipinski definition) is 1. The van der Waals surface area contributed by atoms with Crippen LogP contribution in [0.5, 0.6) is 5.75 Å². The lowest BCUT2D eigenvalue weighted by molar-refractivity contribution is 0.0599. The molecule has 0 aliphatic rings. The van der Waals surface area contributed by atoms with Gasteiger partial charge in [0.25, 0.3) is 0 Å². The molecule has 0 unspecified atom stereocenters. The molecule has 8 heteroatoms. The molecule has 2 aromatic rings. The SMILES string of the molecule is COc1ccc(N(C(=O)OC(C)(C)C)c2ccc(NC(=O)OCCBr)cc2)cc1. The van der Waals surface area contributed by atoms with Gasteiger partial charge in [0.15, 0.2) is 0 Å². The first-order valence-corrected chi connectivity index (χ1v) is 10.1. The van der Waals surface area contributed by atoms with Gasteiger partial charge in [0, 0.05) is 11.0 Å². The molecular formula is C21H25BrN2O5. The van der Waals surface area contributed by atoms with Gasteiger partial charge < -0.3 is 14.2 Å². The minimum absolute atomic E-state index is 0.272. The second-order valence-electron chi connectivity index (χ2n) is 7.01. The average Bonchev–Trinajstić information content (AvgIpc) is 2.67. The highest BCUT2D eigenvalue weighted by molar-refractivity contribution is 9.09. The number of halogens is 1. The molecule has 2 aromatic carbocycles. The minimum Gasteiger partial charge on any atom is -0.497 e. The zero-order valence-electron chi connectivity index (χ0n) is 16.9. The van der Waals surface area contributed by atoms with Crippen LogP contribution in [0.4, 0.5) is 26.7 Å². The first-order valence-electron chi connectivity index (χ1n) is 9.00. The Kier molecular flexibility index (Phi) is 7.90. The van der Waals surface area contributed by atoms with Crippen molar-refractivity contribution in [2.75, 3.05) is 29.3 Å². The number of amides is 2. The van der Waals surface area contributed by atoms with Gasteiger partial charge in [0.2, 0.25) is 0 Å². The van der Waals surface area contributed by atoms with Crippen molar-refractivity contribution in [1.82, 2.24) is 0 Å². The zero-order chi connectivity index (χ0) is 21.4. The molecule has 156 valence electrons. The molecule has 2 rings (SSSR count). The number of methoxy groups -OCH3 is 1. The lowest BCUT2D eigenvalue weighted by Crippen LogP contribution is -2.33. The third-order valence-electron chi connectivity index (χ3n) is 3.59. The fourth-order valence-electron chi connectivity index (χ4n) is 2.38. The van der Waals surface area contributed by atoms with Crippen LogP contribution in [0, 0.1) is 0 Å². The number of anilines is 3. The lowest BCUT2D eigenvalue weighted by Gasteiger charge is -2.27. The summed E-state index contributed by atoms with van der Waals surface area (Å²) in [4.78, 5) is 26.0. The van der Waals surface area contributed by atoms with E-state index in [0.29, 0.717) is 28.1 Å². The monoisotopic (exact) mass is 464 g/mol. The molecule has 0 spiro atoms. The topological polar surface area (TPSA) is 77.1 Å². The molecule has 1 N–H and O–H groups in total. The number of ether oxygens (including phenoxy) is 3. The standard InChI is InChI=1S/C21H25BrN2O5/c1-21(2,3)29-20(26)24(17-9-11-18(27-4)12-10-17)16-7-5-15(6-8-16)23-19(25)28-14-13-22/h5-12H,13-14H2,1-4H3,(H,23,25). The summed E-state index contributed by atoms with van der Waals surface area (Å²) in [5.41, 5.74) is 1.11. The van der Waals surface area contributed by atoms with Crippen LogP contribution in [-0.2, 0) is 9.47 Å². The van der Waals surface area contributed by atoms with Crippen LogP contribution >= 0.6 is 15.9 Å². The molecule has 29 heavy (non-hydrogen) atoms. The summed E-state index contributed by atoms with van der Waals surface area (Å²) in [7, 11) is 1.58. The number of carbonyl (C=O) groups is 2. The van der Waals surface area contributed by atoms with Gasteiger partial charge in [0.05, 0.1) is 18.5 Å². The van der Waals surface area contributed by atoms with Crippen LogP contribution in [-0.4, -0.2) is 36.8 Å². The molecule has 0 bridgehead atoms. The summed E-state index contributed by atoms with van der Waals surface area (Å²) in [6.07, 6.45) is -1.06. The van der Waals surface area contributed by atoms with E-state index in [2.05, 4.69) is 21.2 Å². The summed E-state index contributed by atoms with van der Waals surface area (Å²) in [6, 6.07) is 13.9. The lowest BCUT2D eigenvalue weighted by atomic mass is 10.2. The predicted molar refractivity (Wildman–Crippen MR) is 117 cm³/mol. The average molecular weight is 465 g/mol. The van der Waals surface area contributed by atoms with Crippen LogP contribution in [0.1, 0.15) is 20.8 Å². The van der Waals surface area contributed by atoms with E-state index in [-0.39, 0.29) is 6.61 Å². The van der Waals surface area contributed by atoms with Crippen LogP contribution in [0.15, 0.2) is 48.5 Å². The van der Waals surface area contributed by atoms with E-state index in [1.54, 1.807) is 55.6 Å². The maximum atomic E-state index is 12.9. The van der Waals surface area contributed by atoms with Crippen LogP contribution in [0.25, 0.3) is 0 Å². The second kappa shape index (κ2) is 10.2. The van der Waals surface area contributed by atoms with Gasteiger partial charge >= 0.3 is 12.2 Å². The Hall–Kier alpha value is -2.74. The van der Waals surface area contributed by atoms with Crippen LogP contribution in [0.3, 0.4) is 0 Å². The Morgan fingerprint density at radius 2 is 1.55 bits per heavy atom. The number of rotatable bonds is 6. The van der Waals surface area contributed by atoms with E-state index in [4.69, 9.17) is 14.2 Å². The van der Waals surface area contributed by atoms with E-state index in [1.165, 1.54) is 4.90 Å². The van der Waals surface area contributed by atoms with E-state index in [0.717, 1.165) is 0 Å². The van der Waals surface area contributed by atoms with Crippen molar-refractivity contribution in [3.63, 3.8) is 0 Å². The van der Waals surface area contributed by atoms with Crippen molar-refractivity contribution < 1.29 is 23.8 Å². The summed E-state index contributed by atoms with van der Waals surface area (Å²) in [5, 5.41) is 3.19. The smallest absolute Gasteiger partial charge is 0.419 e. The highest BCUT2D eigenvalue weighted by Crippen LogP contribution is 2.30. The molecule has 0 aromatic heterocycles. The first-order chi connectivity index (χ1) is 13.7. The Labute approximate surface area is 179 Å². The Balaban J connectivity index is 2.27. The predicted octanol–water partition coefficient (Wildman–Crippen LogP) is 5.71. The summed E-state index contributed by atoms with van der Waals surface area (Å²) in [5.74, 6) is 0.680. The fraction of sp³-hybridized carbons (Fsp3) is 0.333. The molecule has 0 atom stereocenters. The molecule has 7 nitrogen and oxygen atoms in total. The zero-order valence-corrected chi connectivity index (χ0v) is 18.5. The van der Waals surface area contributed by atoms with Gasteiger partial charge in [-0.2, -0.15) is 0 Å². The molecule has 0 aliphatic heterocycles. The van der Waals surface area contributed by atoms with Crippen molar-refractivity contribution in [2.45, 2.75) is 26.4 Å². The third kappa shape index (κ3) is 6.98. The Morgan fingerprint density at radius 1 is 1.00 bits per heavy atom. The highest BCUT2D eigenvalue weighted by Gasteiger charge is 2.25. The number of alkyl halides is 1. The van der Waals surface area contributed by atoms with E-state index in [1.807, 2.05) is 20.8 Å². The highest BCUT2D eigenvalue weighted by atomic mass is 79.9. The number of nitrogens with one attached hydrogen (secondary N) is 1. The van der Waals surface area contributed by atoms with Crippen molar-refractivity contribution in [3.8, 4) is 5.75 Å². The summed E-state index contributed by atoms with van der Waals surface area (Å²) < 4.78 is 15.7. The largest absolute Gasteiger partial charge is 0.497 e. The third-order valence-corrected chi connectivity index (χ3v) is 3.91. The van der Waals surface area contributed by atoms with E-state index < -0.39 is 17.8 Å². The second-order valence-corrected chi connectivity index (χ2v) is 7.80. The van der Waals surface area contributed by atoms with E-state index in [9.17, 15) is 9.59 Å². The Morgan fingerprint density at radius 3 is 2.03 bits per heavy atom. The van der Waals surface area contributed by atoms with Crippen molar-refractivity contribution in [3.05, 3.63) is 48.5 Å². The van der Waals surface area contributed by atoms with Crippen molar-refractivity contribution in [1.29, 1.82) is 0 Å². The van der Waals surface area contributed by atoms with Crippen LogP contribution in [0.2, 0.25) is 0 Å². The number of nitrogens with zero attached hydrogens (tertiary/aromatic N) is 1. The number of benzene rings is 2. The van der Waals surface area contributed by atoms with Gasteiger partial charge in [0.1, 0.15) is 18.0 Å². The summed E-state index contributed by atoms with van der Waals surface area (Å²) in [6.45, 7) is 5.70. The van der Waals surface area contributed by atoms with Gasteiger partial charge in [-0.05, 0) is 69.3 Å². The van der Waals surface area contributed by atoms with Crippen molar-refractivity contribution >= 4 is 45.2 Å². The van der Waals surface area contributed by atoms with E-state index >= 15 is 0 Å². The van der Waals surface area contributed by atoms with Gasteiger partial charge in [-0.25, -0.2) is 14.5 Å². The quantitative estimate of drug-likeness (QED) is 0.553. The molecule has 2 amide bonds. The molecule has 0 saturated carbocycles. The Bertz CT molecular complexity index is 816. The first kappa shape index (κ1) is 22.5. The normalized spacial score (nSPS) is 10.8. The maximum Gasteiger partial charge on any atom is 0.419 e. The molecule has 0 saturated heterocycles. The number of carbonyl (C=O) groups excluding carboxylic acids is 2. The maximum absolute atomic E-state index is 12.9. The number of hydrogen-bond acceptors (Lipinski definition) is 5. The van der Waals surface area contributed by atoms with Gasteiger partial charge in [-0.1, -0.05) is 15.9 Å². The minimum atomic E-state index is -0.650. The van der Waals surface area contributed by atoms with Gasteiger partial charge in [-0.15, -0.1) is 0 Å². The van der Waals surface area contributed by atoms with Crippen LogP contribution < -0.4 is 15.0 Å². The molecule has 0 radical (unpaired) electrons.